The van der Waals surface area contributed by atoms with E-state index in [1.165, 1.54) is 0 Å². The van der Waals surface area contributed by atoms with Crippen molar-refractivity contribution in [2.75, 3.05) is 19.7 Å². The zero-order valence-corrected chi connectivity index (χ0v) is 13.3. The minimum Gasteiger partial charge on any atom is -0.378 e. The van der Waals surface area contributed by atoms with Crippen LogP contribution in [0.4, 0.5) is 0 Å². The monoisotopic (exact) mass is 351 g/mol. The van der Waals surface area contributed by atoms with Crippen molar-refractivity contribution >= 4 is 15.9 Å². The summed E-state index contributed by atoms with van der Waals surface area (Å²) in [4.78, 5) is 4.41. The highest BCUT2D eigenvalue weighted by molar-refractivity contribution is 9.10. The second-order valence-electron chi connectivity index (χ2n) is 5.09. The number of hydrogen-bond acceptors (Lipinski definition) is 5. The molecule has 0 spiro atoms. The fraction of sp³-hybridized carbons (Fsp3) is 0.467. The molecule has 1 aromatic heterocycles. The molecule has 1 fully saturated rings. The fourth-order valence-corrected chi connectivity index (χ4v) is 2.78. The number of hydrogen-bond donors (Lipinski definition) is 1. The predicted molar refractivity (Wildman–Crippen MR) is 83.0 cm³/mol. The minimum atomic E-state index is 0.360. The Kier molecular flexibility index (Phi) is 5.00. The molecule has 2 aromatic rings. The number of nitrogens with one attached hydrogen (secondary N) is 1. The molecule has 0 amide bonds. The molecule has 0 unspecified atom stereocenters. The molecule has 1 aromatic carbocycles. The van der Waals surface area contributed by atoms with Crippen LogP contribution in [0.25, 0.3) is 11.4 Å². The Bertz CT molecular complexity index is 582. The van der Waals surface area contributed by atoms with Gasteiger partial charge in [-0.25, -0.2) is 0 Å². The first-order chi connectivity index (χ1) is 10.3. The maximum Gasteiger partial charge on any atom is 0.229 e. The van der Waals surface area contributed by atoms with Crippen LogP contribution in [0.3, 0.4) is 0 Å². The number of halogens is 1. The van der Waals surface area contributed by atoms with Crippen LogP contribution in [0, 0.1) is 0 Å². The van der Waals surface area contributed by atoms with E-state index in [1.54, 1.807) is 0 Å². The molecule has 0 bridgehead atoms. The molecule has 3 rings (SSSR count). The van der Waals surface area contributed by atoms with Gasteiger partial charge in [0.05, 0.1) is 19.1 Å². The van der Waals surface area contributed by atoms with Crippen LogP contribution >= 0.6 is 15.9 Å². The van der Waals surface area contributed by atoms with Crippen LogP contribution in [-0.4, -0.2) is 35.9 Å². The van der Waals surface area contributed by atoms with E-state index < -0.39 is 0 Å². The van der Waals surface area contributed by atoms with E-state index in [4.69, 9.17) is 9.26 Å². The van der Waals surface area contributed by atoms with E-state index in [0.29, 0.717) is 30.8 Å². The van der Waals surface area contributed by atoms with Gasteiger partial charge in [-0.2, -0.15) is 4.98 Å². The quantitative estimate of drug-likeness (QED) is 0.897. The topological polar surface area (TPSA) is 60.2 Å². The van der Waals surface area contributed by atoms with E-state index in [2.05, 4.69) is 31.4 Å². The molecule has 0 aliphatic carbocycles. The summed E-state index contributed by atoms with van der Waals surface area (Å²) in [7, 11) is 0. The predicted octanol–water partition coefficient (Wildman–Crippen LogP) is 2.81. The minimum absolute atomic E-state index is 0.360. The summed E-state index contributed by atoms with van der Waals surface area (Å²) >= 11 is 3.44. The normalized spacial score (nSPS) is 16.2. The van der Waals surface area contributed by atoms with Crippen LogP contribution in [0.5, 0.6) is 0 Å². The Balaban J connectivity index is 1.53. The number of benzene rings is 1. The molecule has 1 aliphatic rings. The van der Waals surface area contributed by atoms with Crippen LogP contribution < -0.4 is 5.32 Å². The molecule has 0 saturated carbocycles. The van der Waals surface area contributed by atoms with Gasteiger partial charge in [-0.1, -0.05) is 33.2 Å². The van der Waals surface area contributed by atoms with Crippen LogP contribution in [-0.2, 0) is 11.2 Å². The van der Waals surface area contributed by atoms with E-state index in [1.807, 2.05) is 24.3 Å². The highest BCUT2D eigenvalue weighted by atomic mass is 79.9. The van der Waals surface area contributed by atoms with Crippen molar-refractivity contribution in [1.29, 1.82) is 0 Å². The smallest absolute Gasteiger partial charge is 0.229 e. The van der Waals surface area contributed by atoms with E-state index in [-0.39, 0.29) is 0 Å². The van der Waals surface area contributed by atoms with Crippen LogP contribution in [0.2, 0.25) is 0 Å². The average molecular weight is 352 g/mol. The summed E-state index contributed by atoms with van der Waals surface area (Å²) < 4.78 is 12.1. The standard InChI is InChI=1S/C15H18BrN3O2/c16-12-3-1-2-11(10-12)15-18-14(21-19-15)6-9-20-13-4-7-17-8-5-13/h1-3,10,13,17H,4-9H2. The third-order valence-electron chi connectivity index (χ3n) is 3.51. The number of piperidine rings is 1. The Morgan fingerprint density at radius 2 is 2.19 bits per heavy atom. The van der Waals surface area contributed by atoms with Crippen molar-refractivity contribution in [2.24, 2.45) is 0 Å². The lowest BCUT2D eigenvalue weighted by molar-refractivity contribution is 0.0322. The maximum absolute atomic E-state index is 5.85. The van der Waals surface area contributed by atoms with Gasteiger partial charge in [-0.05, 0) is 38.1 Å². The number of rotatable bonds is 5. The van der Waals surface area contributed by atoms with Gasteiger partial charge in [-0.15, -0.1) is 0 Å². The molecule has 1 N–H and O–H groups in total. The van der Waals surface area contributed by atoms with Crippen LogP contribution in [0.1, 0.15) is 18.7 Å². The molecule has 2 heterocycles. The van der Waals surface area contributed by atoms with Gasteiger partial charge >= 0.3 is 0 Å². The van der Waals surface area contributed by atoms with Gasteiger partial charge in [0, 0.05) is 10.0 Å². The summed E-state index contributed by atoms with van der Waals surface area (Å²) in [6.45, 7) is 2.71. The molecule has 0 radical (unpaired) electrons. The van der Waals surface area contributed by atoms with Crippen molar-refractivity contribution in [3.8, 4) is 11.4 Å². The number of ether oxygens (including phenoxy) is 1. The Morgan fingerprint density at radius 1 is 1.33 bits per heavy atom. The number of nitrogens with zero attached hydrogens (tertiary/aromatic N) is 2. The molecular weight excluding hydrogens is 334 g/mol. The van der Waals surface area contributed by atoms with E-state index in [0.717, 1.165) is 36.0 Å². The third-order valence-corrected chi connectivity index (χ3v) is 4.00. The Labute approximate surface area is 132 Å². The van der Waals surface area contributed by atoms with Crippen molar-refractivity contribution in [2.45, 2.75) is 25.4 Å². The Hall–Kier alpha value is -1.24. The highest BCUT2D eigenvalue weighted by Gasteiger charge is 2.14. The first-order valence-electron chi connectivity index (χ1n) is 7.22. The summed E-state index contributed by atoms with van der Waals surface area (Å²) in [5.74, 6) is 1.24. The van der Waals surface area contributed by atoms with Crippen molar-refractivity contribution in [1.82, 2.24) is 15.5 Å². The fourth-order valence-electron chi connectivity index (χ4n) is 2.38. The lowest BCUT2D eigenvalue weighted by Gasteiger charge is -2.22. The molecule has 6 heteroatoms. The highest BCUT2D eigenvalue weighted by Crippen LogP contribution is 2.20. The summed E-state index contributed by atoms with van der Waals surface area (Å²) in [5, 5.41) is 7.34. The van der Waals surface area contributed by atoms with E-state index >= 15 is 0 Å². The van der Waals surface area contributed by atoms with Gasteiger partial charge in [-0.3, -0.25) is 0 Å². The molecule has 5 nitrogen and oxygen atoms in total. The van der Waals surface area contributed by atoms with Gasteiger partial charge < -0.3 is 14.6 Å². The molecule has 1 aliphatic heterocycles. The van der Waals surface area contributed by atoms with E-state index in [9.17, 15) is 0 Å². The third kappa shape index (κ3) is 4.12. The summed E-state index contributed by atoms with van der Waals surface area (Å²) in [6.07, 6.45) is 3.17. The lowest BCUT2D eigenvalue weighted by Crippen LogP contribution is -2.32. The summed E-state index contributed by atoms with van der Waals surface area (Å²) in [6, 6.07) is 7.86. The van der Waals surface area contributed by atoms with Crippen molar-refractivity contribution in [3.05, 3.63) is 34.6 Å². The lowest BCUT2D eigenvalue weighted by atomic mass is 10.1. The average Bonchev–Trinajstić information content (AvgIpc) is 2.97. The molecule has 112 valence electrons. The van der Waals surface area contributed by atoms with Gasteiger partial charge in [0.15, 0.2) is 0 Å². The van der Waals surface area contributed by atoms with Crippen molar-refractivity contribution < 1.29 is 9.26 Å². The second-order valence-corrected chi connectivity index (χ2v) is 6.01. The van der Waals surface area contributed by atoms with Gasteiger partial charge in [0.25, 0.3) is 0 Å². The molecular formula is C15H18BrN3O2. The van der Waals surface area contributed by atoms with Crippen LogP contribution in [0.15, 0.2) is 33.3 Å². The SMILES string of the molecule is Brc1cccc(-c2noc(CCOC3CCNCC3)n2)c1. The first-order valence-corrected chi connectivity index (χ1v) is 8.01. The zero-order chi connectivity index (χ0) is 14.5. The summed E-state index contributed by atoms with van der Waals surface area (Å²) in [5.41, 5.74) is 0.943. The van der Waals surface area contributed by atoms with Crippen molar-refractivity contribution in [3.63, 3.8) is 0 Å². The Morgan fingerprint density at radius 3 is 3.00 bits per heavy atom. The molecule has 1 saturated heterocycles. The van der Waals surface area contributed by atoms with Gasteiger partial charge in [0.2, 0.25) is 11.7 Å². The zero-order valence-electron chi connectivity index (χ0n) is 11.7. The maximum atomic E-state index is 5.85. The number of aromatic nitrogens is 2. The van der Waals surface area contributed by atoms with Gasteiger partial charge in [0.1, 0.15) is 0 Å². The second kappa shape index (κ2) is 7.15. The largest absolute Gasteiger partial charge is 0.378 e. The first kappa shape index (κ1) is 14.7. The molecule has 21 heavy (non-hydrogen) atoms. The molecule has 0 atom stereocenters.